The van der Waals surface area contributed by atoms with Crippen molar-refractivity contribution in [2.24, 2.45) is 5.92 Å². The Balaban J connectivity index is 1.87. The molecular weight excluding hydrogens is 326 g/mol. The fraction of sp³-hybridized carbons (Fsp3) is 0.263. The first-order valence-electron chi connectivity index (χ1n) is 8.03. The van der Waals surface area contributed by atoms with E-state index in [1.54, 1.807) is 19.2 Å². The van der Waals surface area contributed by atoms with E-state index in [-0.39, 0.29) is 18.2 Å². The molecule has 0 radical (unpaired) electrons. The van der Waals surface area contributed by atoms with Gasteiger partial charge in [-0.1, -0.05) is 12.1 Å². The summed E-state index contributed by atoms with van der Waals surface area (Å²) < 4.78 is 26.6. The minimum atomic E-state index is -0.544. The van der Waals surface area contributed by atoms with Crippen LogP contribution in [0.15, 0.2) is 48.5 Å². The van der Waals surface area contributed by atoms with Gasteiger partial charge in [-0.15, -0.1) is 0 Å². The van der Waals surface area contributed by atoms with Gasteiger partial charge < -0.3 is 10.2 Å². The molecule has 1 aliphatic rings. The van der Waals surface area contributed by atoms with Gasteiger partial charge in [0.15, 0.2) is 0 Å². The van der Waals surface area contributed by atoms with Crippen LogP contribution in [0.3, 0.4) is 0 Å². The van der Waals surface area contributed by atoms with Crippen LogP contribution in [-0.4, -0.2) is 23.8 Å². The number of benzene rings is 2. The number of nitrogens with one attached hydrogen (secondary N) is 1. The van der Waals surface area contributed by atoms with Gasteiger partial charge in [-0.3, -0.25) is 9.59 Å². The van der Waals surface area contributed by atoms with E-state index in [9.17, 15) is 18.4 Å². The Labute approximate surface area is 144 Å². The first-order chi connectivity index (χ1) is 12.0. The molecule has 25 heavy (non-hydrogen) atoms. The molecule has 6 heteroatoms. The van der Waals surface area contributed by atoms with Crippen LogP contribution in [0.5, 0.6) is 0 Å². The Morgan fingerprint density at radius 2 is 1.84 bits per heavy atom. The Morgan fingerprint density at radius 3 is 2.52 bits per heavy atom. The highest BCUT2D eigenvalue weighted by atomic mass is 19.1. The maximum Gasteiger partial charge on any atom is 0.229 e. The van der Waals surface area contributed by atoms with E-state index in [0.29, 0.717) is 17.7 Å². The summed E-state index contributed by atoms with van der Waals surface area (Å²) in [6.45, 7) is 0. The molecule has 1 fully saturated rings. The van der Waals surface area contributed by atoms with E-state index in [2.05, 4.69) is 5.32 Å². The molecule has 130 valence electrons. The molecule has 1 aliphatic heterocycles. The second-order valence-electron chi connectivity index (χ2n) is 6.15. The molecule has 2 aromatic carbocycles. The largest absolute Gasteiger partial charge is 0.338 e. The molecular formula is C19H18F2N2O2. The summed E-state index contributed by atoms with van der Waals surface area (Å²) in [7, 11) is 1.62. The van der Waals surface area contributed by atoms with E-state index in [1.165, 1.54) is 41.3 Å². The lowest BCUT2D eigenvalue weighted by Gasteiger charge is -2.38. The Hall–Kier alpha value is -2.76. The highest BCUT2D eigenvalue weighted by Crippen LogP contribution is 2.36. The maximum absolute atomic E-state index is 13.6. The van der Waals surface area contributed by atoms with E-state index in [0.717, 1.165) is 0 Å². The lowest BCUT2D eigenvalue weighted by atomic mass is 9.84. The van der Waals surface area contributed by atoms with Crippen LogP contribution in [0.2, 0.25) is 0 Å². The van der Waals surface area contributed by atoms with E-state index in [4.69, 9.17) is 0 Å². The number of hydrogen-bond acceptors (Lipinski definition) is 2. The van der Waals surface area contributed by atoms with Crippen molar-refractivity contribution in [3.8, 4) is 0 Å². The van der Waals surface area contributed by atoms with E-state index in [1.807, 2.05) is 0 Å². The molecule has 1 N–H and O–H groups in total. The number of amides is 2. The second kappa shape index (κ2) is 7.01. The Morgan fingerprint density at radius 1 is 1.12 bits per heavy atom. The van der Waals surface area contributed by atoms with Crippen LogP contribution >= 0.6 is 0 Å². The van der Waals surface area contributed by atoms with Crippen molar-refractivity contribution >= 4 is 17.5 Å². The van der Waals surface area contributed by atoms with Gasteiger partial charge in [0.2, 0.25) is 11.8 Å². The van der Waals surface area contributed by atoms with E-state index >= 15 is 0 Å². The minimum absolute atomic E-state index is 0.0832. The third kappa shape index (κ3) is 3.68. The van der Waals surface area contributed by atoms with Crippen molar-refractivity contribution in [2.45, 2.75) is 18.9 Å². The monoisotopic (exact) mass is 344 g/mol. The highest BCUT2D eigenvalue weighted by Gasteiger charge is 2.39. The molecule has 0 saturated carbocycles. The summed E-state index contributed by atoms with van der Waals surface area (Å²) in [6.07, 6.45) is 0.626. The molecule has 0 unspecified atom stereocenters. The number of likely N-dealkylation sites (tertiary alicyclic amines) is 1. The Kier molecular flexibility index (Phi) is 4.79. The summed E-state index contributed by atoms with van der Waals surface area (Å²) in [5.74, 6) is -1.69. The van der Waals surface area contributed by atoms with Gasteiger partial charge in [0, 0.05) is 19.2 Å². The predicted octanol–water partition coefficient (Wildman–Crippen LogP) is 3.51. The van der Waals surface area contributed by atoms with Gasteiger partial charge in [-0.25, -0.2) is 8.78 Å². The molecule has 3 rings (SSSR count). The molecule has 0 spiro atoms. The van der Waals surface area contributed by atoms with E-state index < -0.39 is 23.6 Å². The van der Waals surface area contributed by atoms with Gasteiger partial charge in [0.05, 0.1) is 12.0 Å². The molecule has 1 heterocycles. The number of piperidine rings is 1. The highest BCUT2D eigenvalue weighted by molar-refractivity contribution is 5.94. The molecule has 2 amide bonds. The first-order valence-corrected chi connectivity index (χ1v) is 8.03. The average molecular weight is 344 g/mol. The van der Waals surface area contributed by atoms with Crippen LogP contribution in [0.4, 0.5) is 14.5 Å². The molecule has 2 aromatic rings. The zero-order valence-electron chi connectivity index (χ0n) is 13.7. The van der Waals surface area contributed by atoms with Gasteiger partial charge >= 0.3 is 0 Å². The van der Waals surface area contributed by atoms with Crippen LogP contribution < -0.4 is 5.32 Å². The quantitative estimate of drug-likeness (QED) is 0.926. The second-order valence-corrected chi connectivity index (χ2v) is 6.15. The van der Waals surface area contributed by atoms with Gasteiger partial charge in [0.1, 0.15) is 11.6 Å². The summed E-state index contributed by atoms with van der Waals surface area (Å²) in [6, 6.07) is 10.9. The zero-order valence-corrected chi connectivity index (χ0v) is 13.7. The molecule has 0 aromatic heterocycles. The molecule has 2 atom stereocenters. The number of hydrogen-bond donors (Lipinski definition) is 1. The van der Waals surface area contributed by atoms with Crippen LogP contribution in [0.1, 0.15) is 24.4 Å². The summed E-state index contributed by atoms with van der Waals surface area (Å²) in [5, 5.41) is 2.75. The molecule has 0 bridgehead atoms. The van der Waals surface area contributed by atoms with Gasteiger partial charge in [-0.05, 0) is 48.4 Å². The van der Waals surface area contributed by atoms with Crippen molar-refractivity contribution in [1.82, 2.24) is 4.90 Å². The third-order valence-electron chi connectivity index (χ3n) is 4.50. The molecule has 0 aliphatic carbocycles. The number of anilines is 1. The van der Waals surface area contributed by atoms with Crippen LogP contribution in [0.25, 0.3) is 0 Å². The van der Waals surface area contributed by atoms with Crippen molar-refractivity contribution in [1.29, 1.82) is 0 Å². The minimum Gasteiger partial charge on any atom is -0.338 e. The van der Waals surface area contributed by atoms with Crippen molar-refractivity contribution in [3.05, 3.63) is 65.7 Å². The number of nitrogens with zero attached hydrogens (tertiary/aromatic N) is 1. The SMILES string of the molecule is CN1C(=O)CC[C@H](C(=O)Nc2ccc(F)cc2)[C@@H]1c1cccc(F)c1. The van der Waals surface area contributed by atoms with Gasteiger partial charge in [-0.2, -0.15) is 0 Å². The van der Waals surface area contributed by atoms with Crippen molar-refractivity contribution in [2.75, 3.05) is 12.4 Å². The number of carbonyl (C=O) groups excluding carboxylic acids is 2. The predicted molar refractivity (Wildman–Crippen MR) is 89.7 cm³/mol. The smallest absolute Gasteiger partial charge is 0.229 e. The van der Waals surface area contributed by atoms with Crippen LogP contribution in [-0.2, 0) is 9.59 Å². The van der Waals surface area contributed by atoms with Crippen molar-refractivity contribution < 1.29 is 18.4 Å². The maximum atomic E-state index is 13.6. The Bertz CT molecular complexity index is 792. The fourth-order valence-electron chi connectivity index (χ4n) is 3.23. The molecule has 1 saturated heterocycles. The molecule has 4 nitrogen and oxygen atoms in total. The average Bonchev–Trinajstić information content (AvgIpc) is 2.59. The van der Waals surface area contributed by atoms with Gasteiger partial charge in [0.25, 0.3) is 0 Å². The summed E-state index contributed by atoms with van der Waals surface area (Å²) >= 11 is 0. The number of halogens is 2. The number of rotatable bonds is 3. The van der Waals surface area contributed by atoms with Crippen molar-refractivity contribution in [3.63, 3.8) is 0 Å². The zero-order chi connectivity index (χ0) is 18.0. The third-order valence-corrected chi connectivity index (χ3v) is 4.50. The lowest BCUT2D eigenvalue weighted by molar-refractivity contribution is -0.140. The summed E-state index contributed by atoms with van der Waals surface area (Å²) in [5.41, 5.74) is 1.05. The topological polar surface area (TPSA) is 49.4 Å². The number of carbonyl (C=O) groups is 2. The fourth-order valence-corrected chi connectivity index (χ4v) is 3.23. The standard InChI is InChI=1S/C19H18F2N2O2/c1-23-17(24)10-9-16(18(23)12-3-2-4-14(21)11-12)19(25)22-15-7-5-13(20)6-8-15/h2-8,11,16,18H,9-10H2,1H3,(H,22,25)/t16-,18-/m0/s1. The lowest BCUT2D eigenvalue weighted by Crippen LogP contribution is -2.44. The van der Waals surface area contributed by atoms with Crippen LogP contribution in [0, 0.1) is 17.6 Å². The summed E-state index contributed by atoms with van der Waals surface area (Å²) in [4.78, 5) is 26.3. The first kappa shape index (κ1) is 17.1. The normalized spacial score (nSPS) is 20.4.